The van der Waals surface area contributed by atoms with E-state index >= 15 is 0 Å². The number of nitrogens with zero attached hydrogens (tertiary/aromatic N) is 2. The highest BCUT2D eigenvalue weighted by molar-refractivity contribution is 6.00. The molecule has 1 fully saturated rings. The van der Waals surface area contributed by atoms with Gasteiger partial charge in [0.25, 0.3) is 5.91 Å². The molecule has 7 heteroatoms. The molecule has 0 unspecified atom stereocenters. The normalized spacial score (nSPS) is 19.7. The van der Waals surface area contributed by atoms with Crippen molar-refractivity contribution in [1.82, 2.24) is 15.1 Å². The van der Waals surface area contributed by atoms with Crippen LogP contribution in [0.3, 0.4) is 0 Å². The third-order valence-corrected chi connectivity index (χ3v) is 6.59. The molecule has 34 heavy (non-hydrogen) atoms. The molecule has 5 rings (SSSR count). The molecule has 0 radical (unpaired) electrons. The summed E-state index contributed by atoms with van der Waals surface area (Å²) in [6.45, 7) is 6.23. The van der Waals surface area contributed by atoms with Gasteiger partial charge in [0.2, 0.25) is 0 Å². The summed E-state index contributed by atoms with van der Waals surface area (Å²) in [4.78, 5) is 15.4. The van der Waals surface area contributed by atoms with Crippen molar-refractivity contribution < 1.29 is 19.4 Å². The van der Waals surface area contributed by atoms with Crippen LogP contribution in [0.1, 0.15) is 60.8 Å². The van der Waals surface area contributed by atoms with Crippen LogP contribution in [0.25, 0.3) is 11.3 Å². The molecule has 2 aliphatic heterocycles. The van der Waals surface area contributed by atoms with Crippen LogP contribution in [0.15, 0.2) is 48.5 Å². The number of H-pyrrole nitrogens is 1. The number of hydrogen-bond acceptors (Lipinski definition) is 5. The number of carbonyl (C=O) groups excluding carboxylic acids is 1. The fraction of sp³-hybridized carbons (Fsp3) is 0.407. The van der Waals surface area contributed by atoms with Crippen molar-refractivity contribution in [2.45, 2.75) is 45.3 Å². The molecule has 1 saturated heterocycles. The van der Waals surface area contributed by atoms with E-state index < -0.39 is 0 Å². The maximum Gasteiger partial charge on any atom is 0.273 e. The van der Waals surface area contributed by atoms with Gasteiger partial charge in [-0.1, -0.05) is 38.1 Å². The maximum absolute atomic E-state index is 13.5. The lowest BCUT2D eigenvalue weighted by Crippen LogP contribution is -2.36. The van der Waals surface area contributed by atoms with Gasteiger partial charge in [0, 0.05) is 24.3 Å². The number of fused-ring (bicyclic) bond motifs is 1. The summed E-state index contributed by atoms with van der Waals surface area (Å²) in [5, 5.41) is 17.9. The minimum atomic E-state index is -0.353. The van der Waals surface area contributed by atoms with Crippen LogP contribution in [0.4, 0.5) is 0 Å². The van der Waals surface area contributed by atoms with Gasteiger partial charge in [-0.2, -0.15) is 5.10 Å². The second-order valence-electron chi connectivity index (χ2n) is 9.48. The van der Waals surface area contributed by atoms with E-state index in [4.69, 9.17) is 9.47 Å². The van der Waals surface area contributed by atoms with Crippen LogP contribution in [-0.2, 0) is 4.74 Å². The molecule has 7 nitrogen and oxygen atoms in total. The zero-order valence-corrected chi connectivity index (χ0v) is 19.7. The van der Waals surface area contributed by atoms with Gasteiger partial charge in [-0.25, -0.2) is 0 Å². The van der Waals surface area contributed by atoms with Crippen LogP contribution in [0, 0.1) is 5.92 Å². The molecule has 0 aliphatic carbocycles. The first-order chi connectivity index (χ1) is 16.5. The Hall–Kier alpha value is -3.32. The number of phenols is 1. The van der Waals surface area contributed by atoms with Crippen LogP contribution in [-0.4, -0.2) is 52.0 Å². The predicted molar refractivity (Wildman–Crippen MR) is 129 cm³/mol. The lowest BCUT2D eigenvalue weighted by atomic mass is 9.95. The van der Waals surface area contributed by atoms with Crippen molar-refractivity contribution in [3.05, 3.63) is 65.4 Å². The highest BCUT2D eigenvalue weighted by atomic mass is 16.5. The Morgan fingerprint density at radius 3 is 2.85 bits per heavy atom. The third-order valence-electron chi connectivity index (χ3n) is 6.59. The largest absolute Gasteiger partial charge is 0.507 e. The topological polar surface area (TPSA) is 87.7 Å². The van der Waals surface area contributed by atoms with Gasteiger partial charge < -0.3 is 19.5 Å². The van der Waals surface area contributed by atoms with Crippen molar-refractivity contribution in [1.29, 1.82) is 0 Å². The summed E-state index contributed by atoms with van der Waals surface area (Å²) in [6.07, 6.45) is 2.93. The van der Waals surface area contributed by atoms with E-state index in [-0.39, 0.29) is 23.8 Å². The van der Waals surface area contributed by atoms with E-state index in [1.54, 1.807) is 12.1 Å². The Morgan fingerprint density at radius 1 is 1.24 bits per heavy atom. The van der Waals surface area contributed by atoms with E-state index in [1.807, 2.05) is 41.3 Å². The van der Waals surface area contributed by atoms with E-state index in [1.165, 1.54) is 0 Å². The average Bonchev–Trinajstić information content (AvgIpc) is 3.54. The van der Waals surface area contributed by atoms with Gasteiger partial charge in [0.15, 0.2) is 0 Å². The minimum Gasteiger partial charge on any atom is -0.507 e. The monoisotopic (exact) mass is 461 g/mol. The number of phenolic OH excluding ortho intramolecular Hbond substituents is 1. The summed E-state index contributed by atoms with van der Waals surface area (Å²) in [7, 11) is 0. The number of benzene rings is 2. The molecule has 0 spiro atoms. The first-order valence-corrected chi connectivity index (χ1v) is 12.0. The average molecular weight is 462 g/mol. The van der Waals surface area contributed by atoms with Crippen LogP contribution in [0.5, 0.6) is 11.5 Å². The Kier molecular flexibility index (Phi) is 6.28. The Labute approximate surface area is 199 Å². The van der Waals surface area contributed by atoms with Gasteiger partial charge in [0.1, 0.15) is 22.9 Å². The number of para-hydroxylation sites is 1. The molecule has 178 valence electrons. The molecule has 2 aliphatic rings. The van der Waals surface area contributed by atoms with E-state index in [9.17, 15) is 9.90 Å². The summed E-state index contributed by atoms with van der Waals surface area (Å²) in [5.41, 5.74) is 3.38. The number of rotatable bonds is 8. The number of hydrogen-bond donors (Lipinski definition) is 2. The fourth-order valence-electron chi connectivity index (χ4n) is 4.81. The zero-order valence-electron chi connectivity index (χ0n) is 19.7. The standard InChI is InChI=1S/C27H31N3O4/c1-17(2)12-14-34-19-8-5-7-18(15-19)26-23-24(21-10-3-4-11-22(21)31)28-29-25(23)27(32)30(26)16-20-9-6-13-33-20/h3-5,7-8,10-11,15,17,20,26,31H,6,9,12-14,16H2,1-2H3,(H,28,29)/t20-,26-/m1/s1. The fourth-order valence-corrected chi connectivity index (χ4v) is 4.81. The summed E-state index contributed by atoms with van der Waals surface area (Å²) in [6, 6.07) is 14.7. The molecule has 0 bridgehead atoms. The van der Waals surface area contributed by atoms with Gasteiger partial charge in [-0.3, -0.25) is 9.89 Å². The first kappa shape index (κ1) is 22.5. The van der Waals surface area contributed by atoms with Crippen LogP contribution in [0.2, 0.25) is 0 Å². The number of aromatic nitrogens is 2. The predicted octanol–water partition coefficient (Wildman–Crippen LogP) is 4.93. The van der Waals surface area contributed by atoms with Crippen molar-refractivity contribution in [3.8, 4) is 22.8 Å². The van der Waals surface area contributed by atoms with Gasteiger partial charge in [-0.05, 0) is 55.0 Å². The Balaban J connectivity index is 1.55. The summed E-state index contributed by atoms with van der Waals surface area (Å²) in [5.74, 6) is 1.37. The van der Waals surface area contributed by atoms with Crippen molar-refractivity contribution in [2.24, 2.45) is 5.92 Å². The minimum absolute atomic E-state index is 0.0162. The molecule has 1 aromatic heterocycles. The number of aromatic hydroxyl groups is 1. The molecule has 3 aromatic rings. The molecule has 2 atom stereocenters. The second-order valence-corrected chi connectivity index (χ2v) is 9.48. The van der Waals surface area contributed by atoms with E-state index in [0.29, 0.717) is 36.0 Å². The van der Waals surface area contributed by atoms with Gasteiger partial charge in [0.05, 0.1) is 18.8 Å². The quantitative estimate of drug-likeness (QED) is 0.497. The summed E-state index contributed by atoms with van der Waals surface area (Å²) >= 11 is 0. The highest BCUT2D eigenvalue weighted by Crippen LogP contribution is 2.45. The molecular formula is C27H31N3O4. The smallest absolute Gasteiger partial charge is 0.273 e. The molecule has 3 heterocycles. The second kappa shape index (κ2) is 9.50. The Morgan fingerprint density at radius 2 is 2.09 bits per heavy atom. The van der Waals surface area contributed by atoms with Gasteiger partial charge >= 0.3 is 0 Å². The molecular weight excluding hydrogens is 430 g/mol. The third kappa shape index (κ3) is 4.28. The first-order valence-electron chi connectivity index (χ1n) is 12.0. The number of ether oxygens (including phenoxy) is 2. The summed E-state index contributed by atoms with van der Waals surface area (Å²) < 4.78 is 11.9. The molecule has 1 amide bonds. The van der Waals surface area contributed by atoms with Gasteiger partial charge in [-0.15, -0.1) is 0 Å². The van der Waals surface area contributed by atoms with Crippen molar-refractivity contribution >= 4 is 5.91 Å². The lowest BCUT2D eigenvalue weighted by molar-refractivity contribution is 0.0495. The van der Waals surface area contributed by atoms with E-state index in [0.717, 1.165) is 42.7 Å². The Bertz CT molecular complexity index is 1170. The van der Waals surface area contributed by atoms with Crippen LogP contribution >= 0.6 is 0 Å². The molecule has 2 aromatic carbocycles. The molecule has 0 saturated carbocycles. The number of aromatic amines is 1. The maximum atomic E-state index is 13.5. The zero-order chi connectivity index (χ0) is 23.7. The number of carbonyl (C=O) groups is 1. The van der Waals surface area contributed by atoms with E-state index in [2.05, 4.69) is 24.0 Å². The van der Waals surface area contributed by atoms with Crippen LogP contribution < -0.4 is 4.74 Å². The number of nitrogens with one attached hydrogen (secondary N) is 1. The van der Waals surface area contributed by atoms with Crippen molar-refractivity contribution in [3.63, 3.8) is 0 Å². The lowest BCUT2D eigenvalue weighted by Gasteiger charge is -2.28. The SMILES string of the molecule is CC(C)CCOc1cccc([C@@H]2c3c(-c4ccccc4O)n[nH]c3C(=O)N2C[C@H]2CCCO2)c1. The highest BCUT2D eigenvalue weighted by Gasteiger charge is 2.43. The number of amides is 1. The molecule has 2 N–H and O–H groups in total. The van der Waals surface area contributed by atoms with Crippen molar-refractivity contribution in [2.75, 3.05) is 19.8 Å².